The average Bonchev–Trinajstić information content (AvgIpc) is 2.67. The first-order chi connectivity index (χ1) is 5.45. The van der Waals surface area contributed by atoms with Gasteiger partial charge in [0.05, 0.1) is 5.52 Å². The van der Waals surface area contributed by atoms with Crippen LogP contribution in [-0.4, -0.2) is 4.57 Å². The first-order valence-corrected chi connectivity index (χ1v) is 4.07. The van der Waals surface area contributed by atoms with Gasteiger partial charge in [0.25, 0.3) is 0 Å². The number of aromatic nitrogens is 1. The highest BCUT2D eigenvalue weighted by atomic mass is 15.1. The van der Waals surface area contributed by atoms with Gasteiger partial charge in [-0.2, -0.15) is 0 Å². The maximum atomic E-state index is 2.46. The molecule has 0 spiro atoms. The van der Waals surface area contributed by atoms with E-state index in [0.717, 1.165) is 0 Å². The summed E-state index contributed by atoms with van der Waals surface area (Å²) in [5, 5.41) is 1.52. The Bertz CT molecular complexity index is 491. The van der Waals surface area contributed by atoms with Crippen molar-refractivity contribution in [2.24, 2.45) is 0 Å². The second kappa shape index (κ2) is 1.11. The number of benzene rings is 1. The van der Waals surface area contributed by atoms with Gasteiger partial charge in [-0.05, 0) is 11.1 Å². The number of para-hydroxylation sites is 1. The summed E-state index contributed by atoms with van der Waals surface area (Å²) in [4.78, 5) is 0. The molecule has 0 bridgehead atoms. The number of rotatable bonds is 0. The lowest BCUT2D eigenvalue weighted by atomic mass is 10.1. The van der Waals surface area contributed by atoms with E-state index in [1.54, 1.807) is 11.3 Å². The number of fused-ring (bicyclic) bond motifs is 3. The average molecular weight is 141 g/mol. The largest absolute Gasteiger partial charge is 0.339 e. The lowest BCUT2D eigenvalue weighted by molar-refractivity contribution is 0.761. The van der Waals surface area contributed by atoms with Crippen LogP contribution in [0.1, 0.15) is 16.8 Å². The van der Waals surface area contributed by atoms with Crippen molar-refractivity contribution in [3.8, 4) is 0 Å². The molecule has 1 nitrogen and oxygen atoms in total. The van der Waals surface area contributed by atoms with Crippen LogP contribution in [0, 0.1) is 0 Å². The zero-order chi connectivity index (χ0) is 7.00. The van der Waals surface area contributed by atoms with Crippen LogP contribution in [0.5, 0.6) is 0 Å². The second-order valence-electron chi connectivity index (χ2n) is 3.50. The fraction of sp³-hybridized carbons (Fsp3) is 0.200. The van der Waals surface area contributed by atoms with Crippen molar-refractivity contribution < 1.29 is 0 Å². The van der Waals surface area contributed by atoms with Gasteiger partial charge in [-0.3, -0.25) is 0 Å². The topological polar surface area (TPSA) is 4.93 Å². The minimum absolute atomic E-state index is 1.17. The van der Waals surface area contributed by atoms with Crippen LogP contribution in [-0.2, 0) is 13.0 Å². The Kier molecular flexibility index (Phi) is 0.466. The molecule has 11 heavy (non-hydrogen) atoms. The molecular formula is C10H7N. The number of hydrogen-bond acceptors (Lipinski definition) is 0. The van der Waals surface area contributed by atoms with E-state index in [1.165, 1.54) is 29.4 Å². The summed E-state index contributed by atoms with van der Waals surface area (Å²) < 4.78 is 2.46. The minimum atomic E-state index is 1.17. The van der Waals surface area contributed by atoms with Crippen LogP contribution in [0.15, 0.2) is 18.2 Å². The molecule has 0 saturated heterocycles. The van der Waals surface area contributed by atoms with Gasteiger partial charge in [0, 0.05) is 24.0 Å². The van der Waals surface area contributed by atoms with Gasteiger partial charge in [0.1, 0.15) is 0 Å². The maximum Gasteiger partial charge on any atom is 0.0539 e. The van der Waals surface area contributed by atoms with Gasteiger partial charge < -0.3 is 4.57 Å². The van der Waals surface area contributed by atoms with Crippen LogP contribution in [0.3, 0.4) is 0 Å². The molecule has 0 saturated carbocycles. The first-order valence-electron chi connectivity index (χ1n) is 4.07. The maximum absolute atomic E-state index is 2.46. The lowest BCUT2D eigenvalue weighted by Crippen LogP contribution is -2.11. The molecule has 4 rings (SSSR count). The van der Waals surface area contributed by atoms with Crippen molar-refractivity contribution in [2.45, 2.75) is 13.0 Å². The van der Waals surface area contributed by atoms with Crippen molar-refractivity contribution in [3.05, 3.63) is 35.0 Å². The Morgan fingerprint density at radius 2 is 2.27 bits per heavy atom. The highest BCUT2D eigenvalue weighted by Crippen LogP contribution is 2.44. The molecule has 1 aromatic carbocycles. The summed E-state index contributed by atoms with van der Waals surface area (Å²) in [5.74, 6) is 0. The highest BCUT2D eigenvalue weighted by Gasteiger charge is 2.33. The van der Waals surface area contributed by atoms with Crippen LogP contribution in [0.2, 0.25) is 0 Å². The minimum Gasteiger partial charge on any atom is -0.339 e. The van der Waals surface area contributed by atoms with Crippen LogP contribution >= 0.6 is 0 Å². The van der Waals surface area contributed by atoms with Crippen molar-refractivity contribution in [1.82, 2.24) is 4.57 Å². The van der Waals surface area contributed by atoms with Crippen molar-refractivity contribution in [1.29, 1.82) is 0 Å². The molecule has 1 aliphatic heterocycles. The molecule has 0 amide bonds. The summed E-state index contributed by atoms with van der Waals surface area (Å²) in [6.07, 6.45) is 1.26. The Balaban J connectivity index is 2.45. The predicted octanol–water partition coefficient (Wildman–Crippen LogP) is 1.91. The van der Waals surface area contributed by atoms with Gasteiger partial charge in [-0.15, -0.1) is 0 Å². The Labute approximate surface area is 64.3 Å². The summed E-state index contributed by atoms with van der Waals surface area (Å²) in [5.41, 5.74) is 6.26. The van der Waals surface area contributed by atoms with Crippen molar-refractivity contribution >= 4 is 10.9 Å². The van der Waals surface area contributed by atoms with E-state index in [-0.39, 0.29) is 0 Å². The lowest BCUT2D eigenvalue weighted by Gasteiger charge is -2.20. The molecule has 0 N–H and O–H groups in total. The fourth-order valence-corrected chi connectivity index (χ4v) is 2.30. The molecule has 2 aromatic rings. The summed E-state index contributed by atoms with van der Waals surface area (Å²) in [6, 6.07) is 6.67. The molecule has 1 aliphatic carbocycles. The van der Waals surface area contributed by atoms with E-state index in [4.69, 9.17) is 0 Å². The van der Waals surface area contributed by atoms with Crippen LogP contribution in [0.4, 0.5) is 0 Å². The molecular weight excluding hydrogens is 134 g/mol. The van der Waals surface area contributed by atoms with Crippen LogP contribution in [0.25, 0.3) is 10.9 Å². The van der Waals surface area contributed by atoms with E-state index in [9.17, 15) is 0 Å². The van der Waals surface area contributed by atoms with Gasteiger partial charge in [0.15, 0.2) is 0 Å². The number of nitrogens with zero attached hydrogens (tertiary/aromatic N) is 1. The van der Waals surface area contributed by atoms with Gasteiger partial charge in [-0.25, -0.2) is 0 Å². The second-order valence-corrected chi connectivity index (χ2v) is 3.50. The standard InChI is InChI=1S/C10H7N/c1-2-6-5-11-9-4-8(9)7(3-1)10(6)11/h1-3H,4-5H2. The normalized spacial score (nSPS) is 16.4. The zero-order valence-electron chi connectivity index (χ0n) is 6.09. The van der Waals surface area contributed by atoms with Crippen LogP contribution < -0.4 is 0 Å². The molecule has 1 heteroatoms. The smallest absolute Gasteiger partial charge is 0.0539 e. The molecule has 0 radical (unpaired) electrons. The van der Waals surface area contributed by atoms with Gasteiger partial charge in [-0.1, -0.05) is 18.2 Å². The first kappa shape index (κ1) is 4.60. The Hall–Kier alpha value is -1.24. The Morgan fingerprint density at radius 3 is 3.18 bits per heavy atom. The number of hydrogen-bond donors (Lipinski definition) is 0. The molecule has 2 heterocycles. The van der Waals surface area contributed by atoms with E-state index in [1.807, 2.05) is 0 Å². The molecule has 2 aliphatic rings. The van der Waals surface area contributed by atoms with Gasteiger partial charge in [0.2, 0.25) is 0 Å². The van der Waals surface area contributed by atoms with Gasteiger partial charge >= 0.3 is 0 Å². The van der Waals surface area contributed by atoms with E-state index in [0.29, 0.717) is 0 Å². The molecule has 0 unspecified atom stereocenters. The van der Waals surface area contributed by atoms with Crippen molar-refractivity contribution in [2.75, 3.05) is 0 Å². The van der Waals surface area contributed by atoms with E-state index in [2.05, 4.69) is 22.8 Å². The summed E-state index contributed by atoms with van der Waals surface area (Å²) in [6.45, 7) is 1.17. The third kappa shape index (κ3) is 0.331. The molecule has 0 fully saturated rings. The monoisotopic (exact) mass is 141 g/mol. The summed E-state index contributed by atoms with van der Waals surface area (Å²) in [7, 11) is 0. The fourth-order valence-electron chi connectivity index (χ4n) is 2.30. The Morgan fingerprint density at radius 1 is 1.27 bits per heavy atom. The zero-order valence-corrected chi connectivity index (χ0v) is 6.09. The van der Waals surface area contributed by atoms with E-state index >= 15 is 0 Å². The predicted molar refractivity (Wildman–Crippen MR) is 43.8 cm³/mol. The third-order valence-electron chi connectivity index (χ3n) is 2.94. The molecule has 52 valence electrons. The highest BCUT2D eigenvalue weighted by molar-refractivity contribution is 5.95. The van der Waals surface area contributed by atoms with E-state index < -0.39 is 0 Å². The molecule has 0 atom stereocenters. The third-order valence-corrected chi connectivity index (χ3v) is 2.94. The quantitative estimate of drug-likeness (QED) is 0.352. The summed E-state index contributed by atoms with van der Waals surface area (Å²) >= 11 is 0. The van der Waals surface area contributed by atoms with Crippen molar-refractivity contribution in [3.63, 3.8) is 0 Å². The molecule has 1 aromatic heterocycles. The SMILES string of the molecule is c1cc2c3c(c1)c1c(n3C2)C1.